The molecule has 0 aromatic heterocycles. The molecule has 0 aliphatic rings. The molecule has 0 aliphatic heterocycles. The minimum atomic E-state index is -2.19. The Morgan fingerprint density at radius 3 is 1.86 bits per heavy atom. The van der Waals surface area contributed by atoms with E-state index in [4.69, 9.17) is 13.6 Å². The van der Waals surface area contributed by atoms with E-state index >= 15 is 0 Å². The number of benzene rings is 1. The lowest BCUT2D eigenvalue weighted by atomic mass is 10.4. The number of thiol groups is 1. The normalized spacial score (nSPS) is 11.6. The minimum absolute atomic E-state index is 0.945. The molecule has 0 N–H and O–H groups in total. The highest BCUT2D eigenvalue weighted by Crippen LogP contribution is 2.50. The first-order valence-electron chi connectivity index (χ1n) is 4.11. The van der Waals surface area contributed by atoms with E-state index in [1.165, 1.54) is 0 Å². The molecule has 0 saturated heterocycles. The van der Waals surface area contributed by atoms with E-state index in [9.17, 15) is 0 Å². The fourth-order valence-corrected chi connectivity index (χ4v) is 4.25. The molecule has 3 nitrogen and oxygen atoms in total. The fourth-order valence-electron chi connectivity index (χ4n) is 0.982. The first-order valence-corrected chi connectivity index (χ1v) is 7.25. The van der Waals surface area contributed by atoms with Crippen molar-refractivity contribution in [2.45, 2.75) is 4.90 Å². The molecule has 0 fully saturated rings. The lowest BCUT2D eigenvalue weighted by Crippen LogP contribution is -1.92. The largest absolute Gasteiger partial charge is 0.316 e. The van der Waals surface area contributed by atoms with Crippen molar-refractivity contribution >= 4 is 17.7 Å². The van der Waals surface area contributed by atoms with Crippen molar-refractivity contribution in [3.63, 3.8) is 0 Å². The smallest absolute Gasteiger partial charge is 0.285 e. The summed E-state index contributed by atoms with van der Waals surface area (Å²) in [4.78, 5) is 1.13. The summed E-state index contributed by atoms with van der Waals surface area (Å²) in [6, 6.07) is 9.99. The summed E-state index contributed by atoms with van der Waals surface area (Å²) in [6.45, 7) is -2.19. The van der Waals surface area contributed by atoms with Crippen LogP contribution in [0.1, 0.15) is 0 Å². The summed E-state index contributed by atoms with van der Waals surface area (Å²) in [5.41, 5.74) is 0. The number of rotatable bonds is 4. The van der Waals surface area contributed by atoms with Gasteiger partial charge in [-0.25, -0.2) is 0 Å². The second-order valence-corrected chi connectivity index (χ2v) is 7.27. The maximum atomic E-state index is 5.29. The van der Waals surface area contributed by atoms with Gasteiger partial charge in [0.2, 0.25) is 0 Å². The Morgan fingerprint density at radius 1 is 0.929 bits per heavy atom. The Kier molecular flexibility index (Phi) is 4.85. The van der Waals surface area contributed by atoms with Crippen LogP contribution in [-0.4, -0.2) is 21.3 Å². The molecule has 0 unspecified atom stereocenters. The molecule has 1 aromatic rings. The Hall–Kier alpha value is -0.120. The van der Waals surface area contributed by atoms with Gasteiger partial charge in [0.25, 0.3) is 6.72 Å². The fraction of sp³-hybridized carbons (Fsp3) is 0.333. The zero-order valence-electron chi connectivity index (χ0n) is 8.51. The van der Waals surface area contributed by atoms with Gasteiger partial charge in [-0.1, -0.05) is 29.1 Å². The van der Waals surface area contributed by atoms with Gasteiger partial charge >= 0.3 is 0 Å². The van der Waals surface area contributed by atoms with Crippen LogP contribution in [0.5, 0.6) is 0 Å². The number of hydrogen-bond donors (Lipinski definition) is 1. The third kappa shape index (κ3) is 2.94. The molecule has 80 valence electrons. The van der Waals surface area contributed by atoms with Crippen LogP contribution in [0.2, 0.25) is 0 Å². The van der Waals surface area contributed by atoms with Crippen molar-refractivity contribution in [1.29, 1.82) is 0 Å². The average Bonchev–Trinajstić information content (AvgIpc) is 2.28. The molecular weight excluding hydrogens is 219 g/mol. The van der Waals surface area contributed by atoms with E-state index in [2.05, 4.69) is 0 Å². The Bertz CT molecular complexity index is 307. The lowest BCUT2D eigenvalue weighted by molar-refractivity contribution is 0.235. The zero-order chi connectivity index (χ0) is 10.4. The van der Waals surface area contributed by atoms with Crippen molar-refractivity contribution in [2.24, 2.45) is 0 Å². The van der Waals surface area contributed by atoms with Crippen LogP contribution < -0.4 is 0 Å². The van der Waals surface area contributed by atoms with Gasteiger partial charge in [-0.2, -0.15) is 0 Å². The highest BCUT2D eigenvalue weighted by Gasteiger charge is 2.14. The topological polar surface area (TPSA) is 27.7 Å². The van der Waals surface area contributed by atoms with Crippen LogP contribution >= 0.6 is 6.72 Å². The average molecular weight is 234 g/mol. The third-order valence-electron chi connectivity index (χ3n) is 1.69. The lowest BCUT2D eigenvalue weighted by Gasteiger charge is -2.19. The summed E-state index contributed by atoms with van der Waals surface area (Å²) in [6.07, 6.45) is 0. The third-order valence-corrected chi connectivity index (χ3v) is 6.74. The van der Waals surface area contributed by atoms with E-state index in [-0.39, 0.29) is 0 Å². The van der Waals surface area contributed by atoms with Crippen LogP contribution in [0.15, 0.2) is 35.2 Å². The summed E-state index contributed by atoms with van der Waals surface area (Å²) in [5.74, 6) is 0. The molecule has 0 atom stereocenters. The van der Waals surface area contributed by atoms with E-state index in [0.717, 1.165) is 15.8 Å². The van der Waals surface area contributed by atoms with E-state index in [0.29, 0.717) is 0 Å². The number of hydrogen-bond acceptors (Lipinski definition) is 3. The molecule has 0 heterocycles. The maximum Gasteiger partial charge on any atom is 0.285 e. The SMILES string of the molecule is COP(OC)(OC)=[SH]c1ccccc1. The van der Waals surface area contributed by atoms with Gasteiger partial charge in [0.15, 0.2) is 0 Å². The standard InChI is InChI=1S/C9H15O3PS/c1-10-13(11-2,12-3)14-9-7-5-4-6-8-9/h4-8,14H,1-3H3. The molecule has 0 amide bonds. The van der Waals surface area contributed by atoms with Crippen molar-refractivity contribution < 1.29 is 13.6 Å². The summed E-state index contributed by atoms with van der Waals surface area (Å²) in [7, 11) is 5.77. The molecule has 5 heteroatoms. The highest BCUT2D eigenvalue weighted by atomic mass is 32.5. The van der Waals surface area contributed by atoms with Crippen LogP contribution in [0.25, 0.3) is 0 Å². The molecular formula is C9H15O3PS. The van der Waals surface area contributed by atoms with Crippen LogP contribution in [0, 0.1) is 0 Å². The first-order chi connectivity index (χ1) is 6.76. The van der Waals surface area contributed by atoms with Gasteiger partial charge in [0.05, 0.1) is 0 Å². The van der Waals surface area contributed by atoms with Crippen molar-refractivity contribution in [2.75, 3.05) is 21.3 Å². The van der Waals surface area contributed by atoms with Crippen molar-refractivity contribution in [3.05, 3.63) is 30.3 Å². The van der Waals surface area contributed by atoms with Gasteiger partial charge in [-0.05, 0) is 12.1 Å². The van der Waals surface area contributed by atoms with E-state index in [1.54, 1.807) is 21.3 Å². The Labute approximate surface area is 88.2 Å². The Balaban J connectivity index is 3.05. The van der Waals surface area contributed by atoms with E-state index < -0.39 is 6.72 Å². The molecule has 0 saturated carbocycles. The molecule has 0 radical (unpaired) electrons. The second kappa shape index (κ2) is 5.69. The zero-order valence-corrected chi connectivity index (χ0v) is 10.3. The van der Waals surface area contributed by atoms with Crippen LogP contribution in [0.3, 0.4) is 0 Å². The van der Waals surface area contributed by atoms with Crippen molar-refractivity contribution in [1.82, 2.24) is 0 Å². The van der Waals surface area contributed by atoms with Crippen molar-refractivity contribution in [3.8, 4) is 0 Å². The molecule has 0 bridgehead atoms. The van der Waals surface area contributed by atoms with Gasteiger partial charge in [0, 0.05) is 26.2 Å². The van der Waals surface area contributed by atoms with Gasteiger partial charge in [-0.3, -0.25) is 0 Å². The first kappa shape index (κ1) is 12.0. The quantitative estimate of drug-likeness (QED) is 0.640. The van der Waals surface area contributed by atoms with Gasteiger partial charge in [0.1, 0.15) is 0 Å². The second-order valence-electron chi connectivity index (χ2n) is 2.45. The predicted octanol–water partition coefficient (Wildman–Crippen LogP) is 2.48. The molecule has 14 heavy (non-hydrogen) atoms. The summed E-state index contributed by atoms with van der Waals surface area (Å²) >= 11 is 0. The summed E-state index contributed by atoms with van der Waals surface area (Å²) in [5, 5.41) is 0. The molecule has 0 spiro atoms. The molecule has 1 aromatic carbocycles. The van der Waals surface area contributed by atoms with Crippen LogP contribution in [-0.2, 0) is 24.5 Å². The Morgan fingerprint density at radius 2 is 1.43 bits per heavy atom. The maximum absolute atomic E-state index is 5.29. The van der Waals surface area contributed by atoms with Gasteiger partial charge in [-0.15, -0.1) is 0 Å². The van der Waals surface area contributed by atoms with Gasteiger partial charge < -0.3 is 13.6 Å². The highest BCUT2D eigenvalue weighted by molar-refractivity contribution is 8.17. The van der Waals surface area contributed by atoms with E-state index in [1.807, 2.05) is 30.3 Å². The summed E-state index contributed by atoms with van der Waals surface area (Å²) < 4.78 is 15.9. The molecule has 0 aliphatic carbocycles. The minimum Gasteiger partial charge on any atom is -0.316 e. The van der Waals surface area contributed by atoms with Crippen LogP contribution in [0.4, 0.5) is 0 Å². The predicted molar refractivity (Wildman–Crippen MR) is 61.4 cm³/mol. The monoisotopic (exact) mass is 234 g/mol. The molecule has 1 rings (SSSR count).